The molecule has 1 aromatic carbocycles. The van der Waals surface area contributed by atoms with Gasteiger partial charge in [0.05, 0.1) is 5.56 Å². The van der Waals surface area contributed by atoms with E-state index in [1.807, 2.05) is 18.2 Å². The van der Waals surface area contributed by atoms with E-state index < -0.39 is 5.60 Å². The van der Waals surface area contributed by atoms with Crippen LogP contribution in [0.5, 0.6) is 0 Å². The van der Waals surface area contributed by atoms with Crippen molar-refractivity contribution < 1.29 is 28.6 Å². The van der Waals surface area contributed by atoms with Crippen LogP contribution >= 0.6 is 0 Å². The summed E-state index contributed by atoms with van der Waals surface area (Å²) in [5.74, 6) is 0.208. The van der Waals surface area contributed by atoms with Crippen LogP contribution in [-0.2, 0) is 23.8 Å². The summed E-state index contributed by atoms with van der Waals surface area (Å²) in [6, 6.07) is 9.19. The molecule has 1 saturated heterocycles. The number of ether oxygens (including phenoxy) is 3. The zero-order valence-electron chi connectivity index (χ0n) is 20.3. The molecule has 0 bridgehead atoms. The van der Waals surface area contributed by atoms with Crippen LogP contribution in [0, 0.1) is 34.5 Å². The number of esters is 3. The van der Waals surface area contributed by atoms with Crippen LogP contribution in [-0.4, -0.2) is 35.7 Å². The van der Waals surface area contributed by atoms with E-state index in [0.717, 1.165) is 38.5 Å². The Bertz CT molecular complexity index is 1040. The van der Waals surface area contributed by atoms with E-state index in [9.17, 15) is 14.4 Å². The molecule has 9 atom stereocenters. The summed E-state index contributed by atoms with van der Waals surface area (Å²) < 4.78 is 17.8. The van der Waals surface area contributed by atoms with E-state index in [4.69, 9.17) is 14.2 Å². The molecule has 6 nitrogen and oxygen atoms in total. The topological polar surface area (TPSA) is 78.9 Å². The first-order valence-corrected chi connectivity index (χ1v) is 12.9. The summed E-state index contributed by atoms with van der Waals surface area (Å²) in [7, 11) is 0. The number of carbonyl (C=O) groups excluding carboxylic acids is 3. The standard InChI is InChI=1S/C28H34O6/c1-16(29)32-18-11-14-27(3)20-12-13-26(2)19(22(20)23-25(31)34-28(23,27)15-18)9-10-21(26)33-24(30)17-7-5-4-6-8-17/h4-8,18-23H,9-15H2,1-3H3/t18-,19+,20+,21-,22-,23-,26+,27+,28+/m0/s1. The smallest absolute Gasteiger partial charge is 0.338 e. The molecule has 1 aliphatic heterocycles. The molecule has 5 aliphatic rings. The van der Waals surface area contributed by atoms with Crippen molar-refractivity contribution in [1.82, 2.24) is 0 Å². The van der Waals surface area contributed by atoms with Crippen LogP contribution < -0.4 is 0 Å². The average Bonchev–Trinajstić information content (AvgIpc) is 3.20. The first kappa shape index (κ1) is 22.1. The van der Waals surface area contributed by atoms with E-state index in [1.54, 1.807) is 12.1 Å². The second-order valence-corrected chi connectivity index (χ2v) is 11.9. The quantitative estimate of drug-likeness (QED) is 0.475. The van der Waals surface area contributed by atoms with Gasteiger partial charge in [-0.05, 0) is 68.4 Å². The summed E-state index contributed by atoms with van der Waals surface area (Å²) in [4.78, 5) is 37.5. The average molecular weight is 467 g/mol. The van der Waals surface area contributed by atoms with Crippen LogP contribution in [0.25, 0.3) is 0 Å². The SMILES string of the molecule is CC(=O)O[C@H]1CC[C@]2(C)[C@@H]3CC[C@@]4(C)[C@@H](OC(=O)c5ccccc5)CC[C@@H]4[C@@H]3[C@H]3C(=O)O[C@]32C1. The molecule has 0 unspecified atom stereocenters. The predicted molar refractivity (Wildman–Crippen MR) is 123 cm³/mol. The van der Waals surface area contributed by atoms with Crippen molar-refractivity contribution >= 4 is 17.9 Å². The molecule has 1 aromatic rings. The van der Waals surface area contributed by atoms with Crippen molar-refractivity contribution in [3.05, 3.63) is 35.9 Å². The molecule has 5 fully saturated rings. The van der Waals surface area contributed by atoms with Gasteiger partial charge in [0.2, 0.25) is 0 Å². The summed E-state index contributed by atoms with van der Waals surface area (Å²) in [6.45, 7) is 6.03. The Balaban J connectivity index is 1.28. The van der Waals surface area contributed by atoms with Crippen LogP contribution in [0.2, 0.25) is 0 Å². The Morgan fingerprint density at radius 1 is 0.971 bits per heavy atom. The number of carbonyl (C=O) groups is 3. The molecule has 4 aliphatic carbocycles. The van der Waals surface area contributed by atoms with Gasteiger partial charge in [0, 0.05) is 24.2 Å². The second kappa shape index (κ2) is 7.32. The predicted octanol–water partition coefficient (Wildman–Crippen LogP) is 4.70. The van der Waals surface area contributed by atoms with E-state index in [1.165, 1.54) is 6.92 Å². The fourth-order valence-electron chi connectivity index (χ4n) is 9.05. The molecule has 6 rings (SSSR count). The molecule has 6 heteroatoms. The minimum absolute atomic E-state index is 0.0869. The molecule has 4 saturated carbocycles. The summed E-state index contributed by atoms with van der Waals surface area (Å²) in [6.07, 6.45) is 5.83. The second-order valence-electron chi connectivity index (χ2n) is 11.9. The molecular formula is C28H34O6. The van der Waals surface area contributed by atoms with Crippen molar-refractivity contribution in [3.8, 4) is 0 Å². The van der Waals surface area contributed by atoms with Gasteiger partial charge in [-0.25, -0.2) is 4.79 Å². The fourth-order valence-corrected chi connectivity index (χ4v) is 9.05. The Labute approximate surface area is 200 Å². The molecule has 34 heavy (non-hydrogen) atoms. The van der Waals surface area contributed by atoms with Crippen molar-refractivity contribution in [2.45, 2.75) is 83.5 Å². The van der Waals surface area contributed by atoms with E-state index >= 15 is 0 Å². The molecular weight excluding hydrogens is 432 g/mol. The molecule has 0 aromatic heterocycles. The largest absolute Gasteiger partial charge is 0.462 e. The van der Waals surface area contributed by atoms with Crippen molar-refractivity contribution in [2.75, 3.05) is 0 Å². The summed E-state index contributed by atoms with van der Waals surface area (Å²) >= 11 is 0. The molecule has 0 N–H and O–H groups in total. The zero-order chi connectivity index (χ0) is 23.9. The molecule has 1 heterocycles. The van der Waals surface area contributed by atoms with Crippen molar-refractivity contribution in [3.63, 3.8) is 0 Å². The van der Waals surface area contributed by atoms with Gasteiger partial charge in [0.15, 0.2) is 0 Å². The molecule has 0 amide bonds. The maximum absolute atomic E-state index is 13.0. The highest BCUT2D eigenvalue weighted by Gasteiger charge is 2.80. The summed E-state index contributed by atoms with van der Waals surface area (Å²) in [5.41, 5.74) is -0.169. The first-order valence-electron chi connectivity index (χ1n) is 12.9. The van der Waals surface area contributed by atoms with Crippen LogP contribution in [0.1, 0.15) is 76.1 Å². The molecule has 0 radical (unpaired) electrons. The number of fused-ring (bicyclic) bond motifs is 5. The first-order chi connectivity index (χ1) is 16.2. The third-order valence-corrected chi connectivity index (χ3v) is 10.6. The van der Waals surface area contributed by atoms with Crippen molar-refractivity contribution in [2.24, 2.45) is 34.5 Å². The monoisotopic (exact) mass is 466 g/mol. The zero-order valence-corrected chi connectivity index (χ0v) is 20.3. The highest BCUT2D eigenvalue weighted by molar-refractivity contribution is 5.89. The van der Waals surface area contributed by atoms with Crippen LogP contribution in [0.15, 0.2) is 30.3 Å². The van der Waals surface area contributed by atoms with E-state index in [2.05, 4.69) is 13.8 Å². The Hall–Kier alpha value is -2.37. The minimum atomic E-state index is -0.526. The Morgan fingerprint density at radius 2 is 1.74 bits per heavy atom. The molecule has 1 spiro atoms. The lowest BCUT2D eigenvalue weighted by Gasteiger charge is -2.57. The number of benzene rings is 1. The number of hydrogen-bond acceptors (Lipinski definition) is 6. The van der Waals surface area contributed by atoms with Gasteiger partial charge >= 0.3 is 17.9 Å². The molecule has 182 valence electrons. The third kappa shape index (κ3) is 2.77. The highest BCUT2D eigenvalue weighted by atomic mass is 16.6. The van der Waals surface area contributed by atoms with Gasteiger partial charge in [0.25, 0.3) is 0 Å². The van der Waals surface area contributed by atoms with Gasteiger partial charge in [-0.3, -0.25) is 9.59 Å². The lowest BCUT2D eigenvalue weighted by atomic mass is 9.55. The normalized spacial score (nSPS) is 46.1. The Kier molecular flexibility index (Phi) is 4.76. The van der Waals surface area contributed by atoms with Gasteiger partial charge in [-0.1, -0.05) is 32.0 Å². The lowest BCUT2D eigenvalue weighted by Crippen LogP contribution is -2.66. The maximum atomic E-state index is 13.0. The van der Waals surface area contributed by atoms with Gasteiger partial charge in [-0.15, -0.1) is 0 Å². The van der Waals surface area contributed by atoms with E-state index in [0.29, 0.717) is 23.8 Å². The lowest BCUT2D eigenvalue weighted by molar-refractivity contribution is -0.251. The summed E-state index contributed by atoms with van der Waals surface area (Å²) in [5, 5.41) is 0. The van der Waals surface area contributed by atoms with E-state index in [-0.39, 0.29) is 52.8 Å². The number of rotatable bonds is 3. The van der Waals surface area contributed by atoms with Crippen molar-refractivity contribution in [1.29, 1.82) is 0 Å². The van der Waals surface area contributed by atoms with Crippen LogP contribution in [0.3, 0.4) is 0 Å². The van der Waals surface area contributed by atoms with Crippen LogP contribution in [0.4, 0.5) is 0 Å². The van der Waals surface area contributed by atoms with Gasteiger partial charge < -0.3 is 14.2 Å². The minimum Gasteiger partial charge on any atom is -0.462 e. The van der Waals surface area contributed by atoms with Gasteiger partial charge in [0.1, 0.15) is 23.7 Å². The van der Waals surface area contributed by atoms with Gasteiger partial charge in [-0.2, -0.15) is 0 Å². The maximum Gasteiger partial charge on any atom is 0.338 e. The third-order valence-electron chi connectivity index (χ3n) is 10.6. The Morgan fingerprint density at radius 3 is 2.44 bits per heavy atom. The highest BCUT2D eigenvalue weighted by Crippen LogP contribution is 2.76. The number of hydrogen-bond donors (Lipinski definition) is 0. The fraction of sp³-hybridized carbons (Fsp3) is 0.679.